The van der Waals surface area contributed by atoms with E-state index in [1.807, 2.05) is 6.92 Å². The summed E-state index contributed by atoms with van der Waals surface area (Å²) in [6.07, 6.45) is 3.27. The molecule has 1 atom stereocenters. The van der Waals surface area contributed by atoms with Crippen LogP contribution in [0.1, 0.15) is 39.7 Å². The Kier molecular flexibility index (Phi) is 7.09. The molecule has 0 heterocycles. The fourth-order valence-electron chi connectivity index (χ4n) is 1.70. The van der Waals surface area contributed by atoms with E-state index in [0.717, 1.165) is 0 Å². The summed E-state index contributed by atoms with van der Waals surface area (Å²) >= 11 is 0. The van der Waals surface area contributed by atoms with Crippen LogP contribution in [0.15, 0.2) is 24.3 Å². The molecule has 0 unspecified atom stereocenters. The fraction of sp³-hybridized carbons (Fsp3) is 0.471. The Morgan fingerprint density at radius 3 is 2.71 bits per heavy atom. The van der Waals surface area contributed by atoms with Crippen LogP contribution >= 0.6 is 0 Å². The molecular weight excluding hydrogens is 269 g/mol. The smallest absolute Gasteiger partial charge is 0.155 e. The van der Waals surface area contributed by atoms with Crippen molar-refractivity contribution in [2.24, 2.45) is 0 Å². The number of carbonyl (C=O) groups is 1. The first kappa shape index (κ1) is 17.4. The zero-order valence-corrected chi connectivity index (χ0v) is 13.2. The molecular formula is C17H24FNO2. The van der Waals surface area contributed by atoms with Gasteiger partial charge in [0.15, 0.2) is 5.78 Å². The highest BCUT2D eigenvalue weighted by atomic mass is 19.1. The molecule has 0 amide bonds. The molecule has 0 fully saturated rings. The van der Waals surface area contributed by atoms with Gasteiger partial charge in [0, 0.05) is 24.6 Å². The number of rotatable bonds is 8. The number of hydrogen-bond acceptors (Lipinski definition) is 3. The van der Waals surface area contributed by atoms with Crippen LogP contribution in [0.4, 0.5) is 4.39 Å². The summed E-state index contributed by atoms with van der Waals surface area (Å²) in [7, 11) is 0. The van der Waals surface area contributed by atoms with Crippen LogP contribution in [0.5, 0.6) is 5.75 Å². The first-order chi connectivity index (χ1) is 9.92. The predicted molar refractivity (Wildman–Crippen MR) is 84.0 cm³/mol. The Hall–Kier alpha value is -1.68. The van der Waals surface area contributed by atoms with E-state index < -0.39 is 0 Å². The number of benzene rings is 1. The van der Waals surface area contributed by atoms with E-state index in [2.05, 4.69) is 19.2 Å². The Bertz CT molecular complexity index is 498. The van der Waals surface area contributed by atoms with Gasteiger partial charge in [-0.2, -0.15) is 0 Å². The number of ether oxygens (including phenoxy) is 1. The SMILES string of the molecule is CCC(=O)/C=C/c1cc(O[C@H](C)CNC(C)C)ccc1F. The minimum atomic E-state index is -0.365. The highest BCUT2D eigenvalue weighted by Gasteiger charge is 2.07. The molecule has 1 aromatic carbocycles. The van der Waals surface area contributed by atoms with Crippen molar-refractivity contribution in [1.82, 2.24) is 5.32 Å². The first-order valence-corrected chi connectivity index (χ1v) is 7.32. The van der Waals surface area contributed by atoms with Gasteiger partial charge in [-0.15, -0.1) is 0 Å². The quantitative estimate of drug-likeness (QED) is 0.744. The Morgan fingerprint density at radius 2 is 2.10 bits per heavy atom. The number of ketones is 1. The van der Waals surface area contributed by atoms with E-state index >= 15 is 0 Å². The van der Waals surface area contributed by atoms with Crippen molar-refractivity contribution in [2.75, 3.05) is 6.54 Å². The van der Waals surface area contributed by atoms with Gasteiger partial charge >= 0.3 is 0 Å². The standard InChI is InChI=1S/C17H24FNO2/c1-5-15(20)7-6-14-10-16(8-9-17(14)18)21-13(4)11-19-12(2)3/h6-10,12-13,19H,5,11H2,1-4H3/b7-6+/t13-/m1/s1. The molecule has 21 heavy (non-hydrogen) atoms. The molecule has 3 nitrogen and oxygen atoms in total. The number of allylic oxidation sites excluding steroid dienone is 1. The highest BCUT2D eigenvalue weighted by Crippen LogP contribution is 2.19. The van der Waals surface area contributed by atoms with Gasteiger partial charge in [-0.25, -0.2) is 4.39 Å². The number of hydrogen-bond donors (Lipinski definition) is 1. The molecule has 0 aromatic heterocycles. The van der Waals surface area contributed by atoms with E-state index in [-0.39, 0.29) is 17.7 Å². The molecule has 0 saturated heterocycles. The normalized spacial score (nSPS) is 12.9. The van der Waals surface area contributed by atoms with Gasteiger partial charge in [0.25, 0.3) is 0 Å². The van der Waals surface area contributed by atoms with Crippen molar-refractivity contribution in [1.29, 1.82) is 0 Å². The fourth-order valence-corrected chi connectivity index (χ4v) is 1.70. The van der Waals surface area contributed by atoms with Gasteiger partial charge < -0.3 is 10.1 Å². The average Bonchev–Trinajstić information content (AvgIpc) is 2.45. The maximum Gasteiger partial charge on any atom is 0.155 e. The second-order valence-corrected chi connectivity index (χ2v) is 5.33. The van der Waals surface area contributed by atoms with Crippen LogP contribution in [-0.4, -0.2) is 24.5 Å². The summed E-state index contributed by atoms with van der Waals surface area (Å²) in [6.45, 7) is 8.58. The zero-order chi connectivity index (χ0) is 15.8. The summed E-state index contributed by atoms with van der Waals surface area (Å²) < 4.78 is 19.4. The Balaban J connectivity index is 2.72. The molecule has 116 valence electrons. The van der Waals surface area contributed by atoms with E-state index in [1.54, 1.807) is 19.1 Å². The summed E-state index contributed by atoms with van der Waals surface area (Å²) in [5, 5.41) is 3.28. The third-order valence-corrected chi connectivity index (χ3v) is 2.92. The van der Waals surface area contributed by atoms with Gasteiger partial charge in [-0.3, -0.25) is 4.79 Å². The lowest BCUT2D eigenvalue weighted by molar-refractivity contribution is -0.114. The summed E-state index contributed by atoms with van der Waals surface area (Å²) in [5.74, 6) is 0.198. The van der Waals surface area contributed by atoms with Crippen LogP contribution < -0.4 is 10.1 Å². The molecule has 0 aliphatic carbocycles. The van der Waals surface area contributed by atoms with Gasteiger partial charge in [-0.1, -0.05) is 20.8 Å². The zero-order valence-electron chi connectivity index (χ0n) is 13.2. The van der Waals surface area contributed by atoms with E-state index in [1.165, 1.54) is 18.2 Å². The van der Waals surface area contributed by atoms with E-state index in [4.69, 9.17) is 4.74 Å². The third-order valence-electron chi connectivity index (χ3n) is 2.92. The van der Waals surface area contributed by atoms with Gasteiger partial charge in [0.05, 0.1) is 0 Å². The maximum atomic E-state index is 13.7. The average molecular weight is 293 g/mol. The molecule has 1 aromatic rings. The summed E-state index contributed by atoms with van der Waals surface area (Å²) in [6, 6.07) is 4.96. The van der Waals surface area contributed by atoms with Crippen molar-refractivity contribution >= 4 is 11.9 Å². The predicted octanol–water partition coefficient (Wildman–Crippen LogP) is 3.58. The molecule has 0 spiro atoms. The van der Waals surface area contributed by atoms with E-state index in [0.29, 0.717) is 30.3 Å². The Labute approximate surface area is 126 Å². The third kappa shape index (κ3) is 6.54. The number of carbonyl (C=O) groups excluding carboxylic acids is 1. The van der Waals surface area contributed by atoms with Gasteiger partial charge in [0.1, 0.15) is 17.7 Å². The monoisotopic (exact) mass is 293 g/mol. The number of nitrogens with one attached hydrogen (secondary N) is 1. The van der Waals surface area contributed by atoms with Crippen molar-refractivity contribution in [3.63, 3.8) is 0 Å². The molecule has 0 saturated carbocycles. The lowest BCUT2D eigenvalue weighted by atomic mass is 10.1. The second-order valence-electron chi connectivity index (χ2n) is 5.33. The van der Waals surface area contributed by atoms with Crippen molar-refractivity contribution < 1.29 is 13.9 Å². The first-order valence-electron chi connectivity index (χ1n) is 7.32. The van der Waals surface area contributed by atoms with Gasteiger partial charge in [-0.05, 0) is 37.3 Å². The summed E-state index contributed by atoms with van der Waals surface area (Å²) in [5.41, 5.74) is 0.360. The molecule has 1 rings (SSSR count). The van der Waals surface area contributed by atoms with Crippen molar-refractivity contribution in [3.05, 3.63) is 35.7 Å². The van der Waals surface area contributed by atoms with Crippen molar-refractivity contribution in [2.45, 2.75) is 46.3 Å². The Morgan fingerprint density at radius 1 is 1.38 bits per heavy atom. The lowest BCUT2D eigenvalue weighted by Gasteiger charge is -2.17. The number of halogens is 1. The minimum absolute atomic E-state index is 0.0213. The van der Waals surface area contributed by atoms with Crippen LogP contribution in [-0.2, 0) is 4.79 Å². The van der Waals surface area contributed by atoms with Crippen LogP contribution in [0.2, 0.25) is 0 Å². The molecule has 0 aliphatic rings. The maximum absolute atomic E-state index is 13.7. The summed E-state index contributed by atoms with van der Waals surface area (Å²) in [4.78, 5) is 11.3. The molecule has 0 radical (unpaired) electrons. The molecule has 1 N–H and O–H groups in total. The van der Waals surface area contributed by atoms with Crippen LogP contribution in [0.25, 0.3) is 6.08 Å². The topological polar surface area (TPSA) is 38.3 Å². The van der Waals surface area contributed by atoms with Crippen LogP contribution in [0.3, 0.4) is 0 Å². The lowest BCUT2D eigenvalue weighted by Crippen LogP contribution is -2.33. The van der Waals surface area contributed by atoms with E-state index in [9.17, 15) is 9.18 Å². The minimum Gasteiger partial charge on any atom is -0.489 e. The molecule has 4 heteroatoms. The molecule has 0 bridgehead atoms. The van der Waals surface area contributed by atoms with Crippen LogP contribution in [0, 0.1) is 5.82 Å². The van der Waals surface area contributed by atoms with Crippen molar-refractivity contribution in [3.8, 4) is 5.75 Å². The molecule has 0 aliphatic heterocycles. The van der Waals surface area contributed by atoms with Gasteiger partial charge in [0.2, 0.25) is 0 Å². The highest BCUT2D eigenvalue weighted by molar-refractivity contribution is 5.93. The largest absolute Gasteiger partial charge is 0.489 e. The second kappa shape index (κ2) is 8.57.